The Hall–Kier alpha value is -2.04. The minimum absolute atomic E-state index is 0.176. The van der Waals surface area contributed by atoms with Crippen LogP contribution in [0.1, 0.15) is 38.8 Å². The predicted octanol–water partition coefficient (Wildman–Crippen LogP) is 2.55. The van der Waals surface area contributed by atoms with Gasteiger partial charge in [0.2, 0.25) is 0 Å². The largest absolute Gasteiger partial charge is 0.480 e. The molecule has 20 heavy (non-hydrogen) atoms. The highest BCUT2D eigenvalue weighted by molar-refractivity contribution is 5.82. The maximum absolute atomic E-state index is 11.8. The number of carboxylic acids is 1. The Kier molecular flexibility index (Phi) is 6.03. The van der Waals surface area contributed by atoms with Gasteiger partial charge < -0.3 is 15.7 Å². The second-order valence-electron chi connectivity index (χ2n) is 5.27. The molecule has 3 N–H and O–H groups in total. The number of carbonyl (C=O) groups is 2. The van der Waals surface area contributed by atoms with Crippen LogP contribution in [0, 0.1) is 5.92 Å². The lowest BCUT2D eigenvalue weighted by molar-refractivity contribution is -0.139. The molecule has 0 bridgehead atoms. The zero-order valence-corrected chi connectivity index (χ0v) is 12.1. The summed E-state index contributed by atoms with van der Waals surface area (Å²) >= 11 is 0. The summed E-state index contributed by atoms with van der Waals surface area (Å²) in [5.41, 5.74) is 0.971. The van der Waals surface area contributed by atoms with Gasteiger partial charge in [0.1, 0.15) is 6.04 Å². The number of aliphatic carboxylic acids is 1. The molecule has 2 atom stereocenters. The summed E-state index contributed by atoms with van der Waals surface area (Å²) in [5.74, 6) is -0.816. The second-order valence-corrected chi connectivity index (χ2v) is 5.27. The molecule has 0 saturated carbocycles. The quantitative estimate of drug-likeness (QED) is 0.748. The lowest BCUT2D eigenvalue weighted by atomic mass is 10.0. The first-order chi connectivity index (χ1) is 9.40. The summed E-state index contributed by atoms with van der Waals surface area (Å²) in [4.78, 5) is 22.9. The molecule has 0 aromatic heterocycles. The lowest BCUT2D eigenvalue weighted by Crippen LogP contribution is -2.47. The van der Waals surface area contributed by atoms with E-state index in [0.29, 0.717) is 6.42 Å². The molecule has 0 aliphatic rings. The van der Waals surface area contributed by atoms with Crippen LogP contribution in [0.3, 0.4) is 0 Å². The van der Waals surface area contributed by atoms with Crippen LogP contribution in [-0.2, 0) is 4.79 Å². The van der Waals surface area contributed by atoms with Gasteiger partial charge in [-0.2, -0.15) is 0 Å². The van der Waals surface area contributed by atoms with Gasteiger partial charge in [0, 0.05) is 0 Å². The van der Waals surface area contributed by atoms with E-state index in [4.69, 9.17) is 5.11 Å². The van der Waals surface area contributed by atoms with E-state index in [0.717, 1.165) is 5.56 Å². The first-order valence-corrected chi connectivity index (χ1v) is 6.75. The number of urea groups is 1. The Bertz CT molecular complexity index is 446. The normalized spacial score (nSPS) is 13.6. The molecule has 5 nitrogen and oxygen atoms in total. The highest BCUT2D eigenvalue weighted by Gasteiger charge is 2.21. The van der Waals surface area contributed by atoms with Crippen LogP contribution in [0.2, 0.25) is 0 Å². The highest BCUT2D eigenvalue weighted by atomic mass is 16.4. The number of carboxylic acid groups (broad SMARTS) is 1. The summed E-state index contributed by atoms with van der Waals surface area (Å²) in [6, 6.07) is 8.01. The molecule has 0 spiro atoms. The molecular weight excluding hydrogens is 256 g/mol. The highest BCUT2D eigenvalue weighted by Crippen LogP contribution is 2.11. The standard InChI is InChI=1S/C15H22N2O3/c1-10(2)9-13(14(18)19)17-15(20)16-11(3)12-7-5-4-6-8-12/h4-8,10-11,13H,9H2,1-3H3,(H,18,19)(H2,16,17,20)/t11-,13+/m1/s1. The van der Waals surface area contributed by atoms with Crippen LogP contribution < -0.4 is 10.6 Å². The minimum atomic E-state index is -1.01. The number of rotatable bonds is 6. The molecule has 1 aromatic carbocycles. The molecule has 0 unspecified atom stereocenters. The lowest BCUT2D eigenvalue weighted by Gasteiger charge is -2.19. The molecular formula is C15H22N2O3. The Balaban J connectivity index is 2.55. The number of carbonyl (C=O) groups excluding carboxylic acids is 1. The average molecular weight is 278 g/mol. The Morgan fingerprint density at radius 2 is 1.70 bits per heavy atom. The summed E-state index contributed by atoms with van der Waals surface area (Å²) in [5, 5.41) is 14.3. The fourth-order valence-corrected chi connectivity index (χ4v) is 1.91. The van der Waals surface area contributed by atoms with Crippen LogP contribution in [-0.4, -0.2) is 23.1 Å². The predicted molar refractivity (Wildman–Crippen MR) is 77.4 cm³/mol. The third-order valence-electron chi connectivity index (χ3n) is 2.96. The van der Waals surface area contributed by atoms with Crippen molar-refractivity contribution >= 4 is 12.0 Å². The van der Waals surface area contributed by atoms with Crippen molar-refractivity contribution in [2.45, 2.75) is 39.3 Å². The number of hydrogen-bond acceptors (Lipinski definition) is 2. The first-order valence-electron chi connectivity index (χ1n) is 6.75. The summed E-state index contributed by atoms with van der Waals surface area (Å²) in [7, 11) is 0. The van der Waals surface area contributed by atoms with Crippen LogP contribution in [0.5, 0.6) is 0 Å². The number of hydrogen-bond donors (Lipinski definition) is 3. The SMILES string of the molecule is CC(C)C[C@H](NC(=O)N[C@H](C)c1ccccc1)C(=O)O. The topological polar surface area (TPSA) is 78.4 Å². The number of nitrogens with one attached hydrogen (secondary N) is 2. The van der Waals surface area contributed by atoms with Gasteiger partial charge in [-0.3, -0.25) is 0 Å². The van der Waals surface area contributed by atoms with Crippen molar-refractivity contribution in [3.63, 3.8) is 0 Å². The van der Waals surface area contributed by atoms with Gasteiger partial charge in [-0.15, -0.1) is 0 Å². The van der Waals surface area contributed by atoms with E-state index in [-0.39, 0.29) is 12.0 Å². The molecule has 5 heteroatoms. The molecule has 0 fully saturated rings. The molecule has 1 aromatic rings. The molecule has 1 rings (SSSR count). The molecule has 0 aliphatic carbocycles. The van der Waals surface area contributed by atoms with Gasteiger partial charge in [-0.1, -0.05) is 44.2 Å². The second kappa shape index (κ2) is 7.53. The zero-order valence-electron chi connectivity index (χ0n) is 12.1. The molecule has 0 aliphatic heterocycles. The van der Waals surface area contributed by atoms with E-state index in [1.54, 1.807) is 0 Å². The fraction of sp³-hybridized carbons (Fsp3) is 0.467. The van der Waals surface area contributed by atoms with Gasteiger partial charge in [0.15, 0.2) is 0 Å². The van der Waals surface area contributed by atoms with Crippen LogP contribution >= 0.6 is 0 Å². The Labute approximate surface area is 119 Å². The smallest absolute Gasteiger partial charge is 0.326 e. The van der Waals surface area contributed by atoms with Crippen molar-refractivity contribution in [3.8, 4) is 0 Å². The van der Waals surface area contributed by atoms with Crippen molar-refractivity contribution in [2.75, 3.05) is 0 Å². The molecule has 2 amide bonds. The van der Waals surface area contributed by atoms with Crippen LogP contribution in [0.25, 0.3) is 0 Å². The molecule has 0 radical (unpaired) electrons. The van der Waals surface area contributed by atoms with E-state index < -0.39 is 18.0 Å². The fourth-order valence-electron chi connectivity index (χ4n) is 1.91. The van der Waals surface area contributed by atoms with Crippen molar-refractivity contribution in [2.24, 2.45) is 5.92 Å². The molecule has 0 heterocycles. The van der Waals surface area contributed by atoms with E-state index in [1.807, 2.05) is 51.1 Å². The van der Waals surface area contributed by atoms with Gasteiger partial charge in [0.05, 0.1) is 6.04 Å². The van der Waals surface area contributed by atoms with E-state index in [2.05, 4.69) is 10.6 Å². The van der Waals surface area contributed by atoms with Crippen molar-refractivity contribution < 1.29 is 14.7 Å². The van der Waals surface area contributed by atoms with Crippen LogP contribution in [0.15, 0.2) is 30.3 Å². The number of amides is 2. The maximum Gasteiger partial charge on any atom is 0.326 e. The summed E-state index contributed by atoms with van der Waals surface area (Å²) in [6.45, 7) is 5.69. The molecule has 0 saturated heterocycles. The van der Waals surface area contributed by atoms with Crippen molar-refractivity contribution in [3.05, 3.63) is 35.9 Å². The summed E-state index contributed by atoms with van der Waals surface area (Å²) < 4.78 is 0. The van der Waals surface area contributed by atoms with Gasteiger partial charge in [0.25, 0.3) is 0 Å². The summed E-state index contributed by atoms with van der Waals surface area (Å²) in [6.07, 6.45) is 0.405. The zero-order chi connectivity index (χ0) is 15.1. The third-order valence-corrected chi connectivity index (χ3v) is 2.96. The van der Waals surface area contributed by atoms with E-state index in [9.17, 15) is 9.59 Å². The monoisotopic (exact) mass is 278 g/mol. The van der Waals surface area contributed by atoms with Gasteiger partial charge in [-0.05, 0) is 24.8 Å². The third kappa shape index (κ3) is 5.30. The molecule has 110 valence electrons. The van der Waals surface area contributed by atoms with Crippen LogP contribution in [0.4, 0.5) is 4.79 Å². The van der Waals surface area contributed by atoms with E-state index >= 15 is 0 Å². The minimum Gasteiger partial charge on any atom is -0.480 e. The van der Waals surface area contributed by atoms with Gasteiger partial charge in [-0.25, -0.2) is 9.59 Å². The Morgan fingerprint density at radius 1 is 1.10 bits per heavy atom. The Morgan fingerprint density at radius 3 is 2.20 bits per heavy atom. The first kappa shape index (κ1) is 16.0. The average Bonchev–Trinajstić information content (AvgIpc) is 2.38. The van der Waals surface area contributed by atoms with Crippen molar-refractivity contribution in [1.29, 1.82) is 0 Å². The maximum atomic E-state index is 11.8. The van der Waals surface area contributed by atoms with Gasteiger partial charge >= 0.3 is 12.0 Å². The van der Waals surface area contributed by atoms with E-state index in [1.165, 1.54) is 0 Å². The van der Waals surface area contributed by atoms with Crippen molar-refractivity contribution in [1.82, 2.24) is 10.6 Å². The number of benzene rings is 1.